The smallest absolute Gasteiger partial charge is 0.303 e. The second kappa shape index (κ2) is 4.88. The number of carboxylic acid groups (broad SMARTS) is 1. The molecule has 1 aromatic heterocycles. The second-order valence-corrected chi connectivity index (χ2v) is 5.01. The molecule has 98 valence electrons. The normalized spacial score (nSPS) is 14.5. The maximum atomic E-state index is 10.5. The van der Waals surface area contributed by atoms with Crippen molar-refractivity contribution in [2.45, 2.75) is 31.7 Å². The Kier molecular flexibility index (Phi) is 3.07. The van der Waals surface area contributed by atoms with Crippen LogP contribution in [-0.2, 0) is 11.2 Å². The Balaban J connectivity index is 1.78. The summed E-state index contributed by atoms with van der Waals surface area (Å²) in [5, 5.41) is 8.67. The van der Waals surface area contributed by atoms with E-state index in [1.807, 2.05) is 36.8 Å². The molecule has 0 saturated heterocycles. The number of carbonyl (C=O) groups is 1. The molecular formula is C15H16N2O2. The molecule has 0 atom stereocenters. The summed E-state index contributed by atoms with van der Waals surface area (Å²) in [6, 6.07) is 8.72. The average Bonchev–Trinajstić information content (AvgIpc) is 3.15. The third-order valence-electron chi connectivity index (χ3n) is 3.48. The van der Waals surface area contributed by atoms with Gasteiger partial charge in [-0.1, -0.05) is 24.3 Å². The van der Waals surface area contributed by atoms with Crippen LogP contribution in [0.5, 0.6) is 0 Å². The quantitative estimate of drug-likeness (QED) is 0.894. The number of aliphatic carboxylic acids is 1. The van der Waals surface area contributed by atoms with Gasteiger partial charge in [-0.15, -0.1) is 0 Å². The van der Waals surface area contributed by atoms with E-state index in [1.165, 1.54) is 12.8 Å². The molecule has 0 amide bonds. The lowest BCUT2D eigenvalue weighted by Crippen LogP contribution is -1.98. The first-order valence-electron chi connectivity index (χ1n) is 6.57. The van der Waals surface area contributed by atoms with Gasteiger partial charge in [0.05, 0.1) is 18.2 Å². The second-order valence-electron chi connectivity index (χ2n) is 5.01. The lowest BCUT2D eigenvalue weighted by atomic mass is 10.1. The molecule has 0 bridgehead atoms. The molecule has 1 aliphatic rings. The molecule has 1 fully saturated rings. The highest BCUT2D eigenvalue weighted by Crippen LogP contribution is 2.38. The SMILES string of the molecule is O=C(O)CCc1ccc(-c2cncn2C2CC2)cc1. The maximum Gasteiger partial charge on any atom is 0.303 e. The van der Waals surface area contributed by atoms with Gasteiger partial charge in [0.1, 0.15) is 0 Å². The van der Waals surface area contributed by atoms with Gasteiger partial charge in [0, 0.05) is 12.5 Å². The molecule has 1 aromatic carbocycles. The first-order valence-corrected chi connectivity index (χ1v) is 6.57. The van der Waals surface area contributed by atoms with Gasteiger partial charge < -0.3 is 9.67 Å². The molecule has 1 aliphatic carbocycles. The maximum absolute atomic E-state index is 10.5. The van der Waals surface area contributed by atoms with E-state index in [2.05, 4.69) is 9.55 Å². The molecule has 0 aliphatic heterocycles. The van der Waals surface area contributed by atoms with Crippen LogP contribution in [-0.4, -0.2) is 20.6 Å². The van der Waals surface area contributed by atoms with E-state index in [1.54, 1.807) is 0 Å². The Labute approximate surface area is 111 Å². The number of aryl methyl sites for hydroxylation is 1. The minimum Gasteiger partial charge on any atom is -0.481 e. The topological polar surface area (TPSA) is 55.1 Å². The third-order valence-corrected chi connectivity index (χ3v) is 3.48. The Hall–Kier alpha value is -2.10. The minimum absolute atomic E-state index is 0.180. The number of benzene rings is 1. The van der Waals surface area contributed by atoms with Gasteiger partial charge in [0.15, 0.2) is 0 Å². The molecule has 0 spiro atoms. The van der Waals surface area contributed by atoms with Crippen LogP contribution >= 0.6 is 0 Å². The van der Waals surface area contributed by atoms with E-state index in [4.69, 9.17) is 5.11 Å². The highest BCUT2D eigenvalue weighted by Gasteiger charge is 2.25. The Bertz CT molecular complexity index is 582. The summed E-state index contributed by atoms with van der Waals surface area (Å²) in [6.45, 7) is 0. The van der Waals surface area contributed by atoms with Gasteiger partial charge in [0.25, 0.3) is 0 Å². The zero-order valence-corrected chi connectivity index (χ0v) is 10.6. The number of hydrogen-bond donors (Lipinski definition) is 1. The van der Waals surface area contributed by atoms with Gasteiger partial charge in [-0.2, -0.15) is 0 Å². The fourth-order valence-electron chi connectivity index (χ4n) is 2.27. The Morgan fingerprint density at radius 2 is 2.05 bits per heavy atom. The number of aromatic nitrogens is 2. The lowest BCUT2D eigenvalue weighted by molar-refractivity contribution is -0.136. The van der Waals surface area contributed by atoms with E-state index < -0.39 is 5.97 Å². The van der Waals surface area contributed by atoms with Gasteiger partial charge in [-0.25, -0.2) is 4.98 Å². The van der Waals surface area contributed by atoms with E-state index in [0.717, 1.165) is 16.8 Å². The number of nitrogens with zero attached hydrogens (tertiary/aromatic N) is 2. The molecule has 2 aromatic rings. The predicted molar refractivity (Wildman–Crippen MR) is 71.9 cm³/mol. The van der Waals surface area contributed by atoms with Crippen LogP contribution in [0.4, 0.5) is 0 Å². The van der Waals surface area contributed by atoms with Crippen molar-refractivity contribution in [3.63, 3.8) is 0 Å². The highest BCUT2D eigenvalue weighted by atomic mass is 16.4. The molecule has 19 heavy (non-hydrogen) atoms. The summed E-state index contributed by atoms with van der Waals surface area (Å²) >= 11 is 0. The molecule has 1 heterocycles. The van der Waals surface area contributed by atoms with Crippen LogP contribution in [0.2, 0.25) is 0 Å². The van der Waals surface area contributed by atoms with Crippen molar-refractivity contribution >= 4 is 5.97 Å². The van der Waals surface area contributed by atoms with E-state index in [0.29, 0.717) is 12.5 Å². The summed E-state index contributed by atoms with van der Waals surface area (Å²) in [7, 11) is 0. The standard InChI is InChI=1S/C15H16N2O2/c18-15(19)8-3-11-1-4-12(5-2-11)14-9-16-10-17(14)13-6-7-13/h1-2,4-5,9-10,13H,3,6-8H2,(H,18,19). The first-order chi connectivity index (χ1) is 9.24. The van der Waals surface area contributed by atoms with Crippen molar-refractivity contribution in [2.24, 2.45) is 0 Å². The molecule has 3 rings (SSSR count). The zero-order chi connectivity index (χ0) is 13.2. The predicted octanol–water partition coefficient (Wildman–Crippen LogP) is 2.90. The fourth-order valence-corrected chi connectivity index (χ4v) is 2.27. The number of hydrogen-bond acceptors (Lipinski definition) is 2. The zero-order valence-electron chi connectivity index (χ0n) is 10.6. The Morgan fingerprint density at radius 3 is 2.68 bits per heavy atom. The van der Waals surface area contributed by atoms with Crippen LogP contribution in [0.25, 0.3) is 11.3 Å². The molecule has 1 saturated carbocycles. The summed E-state index contributed by atoms with van der Waals surface area (Å²) in [4.78, 5) is 14.8. The third kappa shape index (κ3) is 2.67. The molecule has 0 radical (unpaired) electrons. The first kappa shape index (κ1) is 12.0. The van der Waals surface area contributed by atoms with Crippen molar-refractivity contribution in [3.8, 4) is 11.3 Å². The number of imidazole rings is 1. The van der Waals surface area contributed by atoms with Crippen LogP contribution in [0.3, 0.4) is 0 Å². The van der Waals surface area contributed by atoms with Crippen LogP contribution in [0, 0.1) is 0 Å². The molecule has 0 unspecified atom stereocenters. The Morgan fingerprint density at radius 1 is 1.32 bits per heavy atom. The van der Waals surface area contributed by atoms with Gasteiger partial charge in [-0.3, -0.25) is 4.79 Å². The van der Waals surface area contributed by atoms with E-state index >= 15 is 0 Å². The molecular weight excluding hydrogens is 240 g/mol. The average molecular weight is 256 g/mol. The monoisotopic (exact) mass is 256 g/mol. The molecule has 4 nitrogen and oxygen atoms in total. The van der Waals surface area contributed by atoms with Gasteiger partial charge in [0.2, 0.25) is 0 Å². The van der Waals surface area contributed by atoms with Crippen molar-refractivity contribution in [3.05, 3.63) is 42.4 Å². The lowest BCUT2D eigenvalue weighted by Gasteiger charge is -2.07. The number of carboxylic acids is 1. The fraction of sp³-hybridized carbons (Fsp3) is 0.333. The van der Waals surface area contributed by atoms with Crippen molar-refractivity contribution in [1.82, 2.24) is 9.55 Å². The minimum atomic E-state index is -0.754. The van der Waals surface area contributed by atoms with Gasteiger partial charge in [-0.05, 0) is 30.4 Å². The highest BCUT2D eigenvalue weighted by molar-refractivity contribution is 5.67. The summed E-state index contributed by atoms with van der Waals surface area (Å²) in [6.07, 6.45) is 7.02. The van der Waals surface area contributed by atoms with Crippen LogP contribution < -0.4 is 0 Å². The van der Waals surface area contributed by atoms with Crippen molar-refractivity contribution in [1.29, 1.82) is 0 Å². The number of rotatable bonds is 5. The van der Waals surface area contributed by atoms with Crippen molar-refractivity contribution < 1.29 is 9.90 Å². The van der Waals surface area contributed by atoms with E-state index in [-0.39, 0.29) is 6.42 Å². The van der Waals surface area contributed by atoms with Crippen LogP contribution in [0.15, 0.2) is 36.8 Å². The van der Waals surface area contributed by atoms with E-state index in [9.17, 15) is 4.79 Å². The summed E-state index contributed by atoms with van der Waals surface area (Å²) in [5.41, 5.74) is 3.35. The van der Waals surface area contributed by atoms with Crippen molar-refractivity contribution in [2.75, 3.05) is 0 Å². The largest absolute Gasteiger partial charge is 0.481 e. The molecule has 1 N–H and O–H groups in total. The summed E-state index contributed by atoms with van der Waals surface area (Å²) < 4.78 is 2.23. The van der Waals surface area contributed by atoms with Gasteiger partial charge >= 0.3 is 5.97 Å². The molecule has 4 heteroatoms. The summed E-state index contributed by atoms with van der Waals surface area (Å²) in [5.74, 6) is -0.754. The van der Waals surface area contributed by atoms with Crippen LogP contribution in [0.1, 0.15) is 30.9 Å².